The van der Waals surface area contributed by atoms with Crippen molar-refractivity contribution in [3.05, 3.63) is 35.9 Å². The third kappa shape index (κ3) is 10.3. The van der Waals surface area contributed by atoms with Crippen LogP contribution >= 0.6 is 12.2 Å². The van der Waals surface area contributed by atoms with Crippen molar-refractivity contribution in [1.82, 2.24) is 10.6 Å². The second kappa shape index (κ2) is 9.68. The minimum atomic E-state index is -4.13. The Hall–Kier alpha value is -0.180. The molecule has 19 heavy (non-hydrogen) atoms. The van der Waals surface area contributed by atoms with Crippen LogP contribution in [0.25, 0.3) is 0 Å². The van der Waals surface area contributed by atoms with E-state index in [4.69, 9.17) is 12.2 Å². The van der Waals surface area contributed by atoms with E-state index in [9.17, 15) is 13.0 Å². The summed E-state index contributed by atoms with van der Waals surface area (Å²) in [6.45, 7) is 0.967. The zero-order valence-electron chi connectivity index (χ0n) is 10.8. The van der Waals surface area contributed by atoms with Crippen LogP contribution in [0, 0.1) is 0 Å². The maximum atomic E-state index is 10.4. The Bertz CT molecular complexity index is 480. The number of nitrogens with one attached hydrogen (secondary N) is 2. The molecule has 0 bridgehead atoms. The molecule has 1 aromatic rings. The summed E-state index contributed by atoms with van der Waals surface area (Å²) in [7, 11) is -4.13. The van der Waals surface area contributed by atoms with Gasteiger partial charge < -0.3 is 15.2 Å². The zero-order valence-corrected chi connectivity index (χ0v) is 14.4. The molecule has 1 rings (SSSR count). The summed E-state index contributed by atoms with van der Waals surface area (Å²) in [5, 5.41) is 6.28. The van der Waals surface area contributed by atoms with Crippen LogP contribution in [0.2, 0.25) is 0 Å². The van der Waals surface area contributed by atoms with Crippen molar-refractivity contribution in [3.8, 4) is 0 Å². The van der Waals surface area contributed by atoms with E-state index in [0.717, 1.165) is 5.56 Å². The minimum absolute atomic E-state index is 0. The molecule has 0 radical (unpaired) electrons. The third-order valence-electron chi connectivity index (χ3n) is 2.15. The Morgan fingerprint density at radius 2 is 1.84 bits per heavy atom. The number of hydrogen-bond acceptors (Lipinski definition) is 4. The van der Waals surface area contributed by atoms with Gasteiger partial charge in [-0.1, -0.05) is 30.3 Å². The van der Waals surface area contributed by atoms with Crippen LogP contribution in [0.1, 0.15) is 12.0 Å². The predicted octanol–water partition coefficient (Wildman–Crippen LogP) is -2.41. The molecule has 0 saturated carbocycles. The van der Waals surface area contributed by atoms with Crippen molar-refractivity contribution in [2.75, 3.05) is 12.3 Å². The van der Waals surface area contributed by atoms with Gasteiger partial charge in [-0.25, -0.2) is 8.42 Å². The average molecular weight is 310 g/mol. The molecule has 0 spiro atoms. The molecule has 0 aliphatic rings. The fourth-order valence-corrected chi connectivity index (χ4v) is 1.96. The first-order valence-electron chi connectivity index (χ1n) is 5.46. The number of rotatable bonds is 6. The molecule has 8 heteroatoms. The standard InChI is InChI=1S/C11H16N2O3S2.Na/c14-18(15,16)8-4-7-12-11(17)13-9-10-5-2-1-3-6-10;/h1-3,5-6H,4,7-9H2,(H2,12,13,17)(H,14,15,16);/q;+1/p-1. The van der Waals surface area contributed by atoms with Gasteiger partial charge in [-0.15, -0.1) is 0 Å². The van der Waals surface area contributed by atoms with Crippen LogP contribution < -0.4 is 40.2 Å². The molecule has 0 amide bonds. The van der Waals surface area contributed by atoms with Crippen molar-refractivity contribution >= 4 is 27.4 Å². The van der Waals surface area contributed by atoms with Crippen molar-refractivity contribution in [3.63, 3.8) is 0 Å². The molecule has 0 unspecified atom stereocenters. The molecular weight excluding hydrogens is 295 g/mol. The summed E-state index contributed by atoms with van der Waals surface area (Å²) in [5.74, 6) is -0.374. The summed E-state index contributed by atoms with van der Waals surface area (Å²) >= 11 is 5.01. The fourth-order valence-electron chi connectivity index (χ4n) is 1.29. The fraction of sp³-hybridized carbons (Fsp3) is 0.364. The van der Waals surface area contributed by atoms with Gasteiger partial charge in [0.15, 0.2) is 5.11 Å². The smallest absolute Gasteiger partial charge is 0.748 e. The maximum absolute atomic E-state index is 10.4. The number of thiocarbonyl (C=S) groups is 1. The molecule has 0 saturated heterocycles. The Labute approximate surface area is 141 Å². The monoisotopic (exact) mass is 310 g/mol. The molecule has 2 N–H and O–H groups in total. The first-order chi connectivity index (χ1) is 8.47. The topological polar surface area (TPSA) is 81.3 Å². The number of hydrogen-bond donors (Lipinski definition) is 2. The van der Waals surface area contributed by atoms with Crippen LogP contribution in [0.15, 0.2) is 30.3 Å². The molecule has 0 atom stereocenters. The summed E-state index contributed by atoms with van der Waals surface area (Å²) < 4.78 is 31.1. The van der Waals surface area contributed by atoms with Gasteiger partial charge in [0.2, 0.25) is 0 Å². The Kier molecular flexibility index (Phi) is 9.59. The minimum Gasteiger partial charge on any atom is -0.748 e. The molecule has 0 aliphatic carbocycles. The summed E-state index contributed by atoms with van der Waals surface area (Å²) in [5.41, 5.74) is 1.10. The van der Waals surface area contributed by atoms with Crippen molar-refractivity contribution in [2.24, 2.45) is 0 Å². The first kappa shape index (κ1) is 18.8. The van der Waals surface area contributed by atoms with Crippen LogP contribution in [0.3, 0.4) is 0 Å². The van der Waals surface area contributed by atoms with Gasteiger partial charge in [-0.05, 0) is 24.2 Å². The van der Waals surface area contributed by atoms with Gasteiger partial charge in [-0.3, -0.25) is 0 Å². The maximum Gasteiger partial charge on any atom is 1.00 e. The van der Waals surface area contributed by atoms with E-state index in [2.05, 4.69) is 10.6 Å². The van der Waals surface area contributed by atoms with Gasteiger partial charge in [0.25, 0.3) is 0 Å². The van der Waals surface area contributed by atoms with Crippen LogP contribution in [-0.2, 0) is 16.7 Å². The molecular formula is C11H15N2NaO3S2. The Balaban J connectivity index is 0.00000324. The molecule has 1 aromatic carbocycles. The van der Waals surface area contributed by atoms with Gasteiger partial charge >= 0.3 is 29.6 Å². The van der Waals surface area contributed by atoms with E-state index in [0.29, 0.717) is 18.2 Å². The van der Waals surface area contributed by atoms with E-state index in [-0.39, 0.29) is 41.7 Å². The third-order valence-corrected chi connectivity index (χ3v) is 3.23. The average Bonchev–Trinajstić information content (AvgIpc) is 2.32. The van der Waals surface area contributed by atoms with Crippen LogP contribution in [0.5, 0.6) is 0 Å². The first-order valence-corrected chi connectivity index (χ1v) is 7.45. The molecule has 100 valence electrons. The summed E-state index contributed by atoms with van der Waals surface area (Å²) in [6, 6.07) is 9.75. The van der Waals surface area contributed by atoms with E-state index in [1.165, 1.54) is 0 Å². The second-order valence-corrected chi connectivity index (χ2v) is 5.64. The van der Waals surface area contributed by atoms with E-state index < -0.39 is 10.1 Å². The van der Waals surface area contributed by atoms with Gasteiger partial charge in [0.05, 0.1) is 10.1 Å². The number of benzene rings is 1. The van der Waals surface area contributed by atoms with Gasteiger partial charge in [0, 0.05) is 18.8 Å². The molecule has 0 fully saturated rings. The molecule has 0 aliphatic heterocycles. The van der Waals surface area contributed by atoms with Gasteiger partial charge in [-0.2, -0.15) is 0 Å². The van der Waals surface area contributed by atoms with Crippen molar-refractivity contribution < 1.29 is 42.5 Å². The molecule has 5 nitrogen and oxygen atoms in total. The van der Waals surface area contributed by atoms with E-state index >= 15 is 0 Å². The Morgan fingerprint density at radius 1 is 1.21 bits per heavy atom. The largest absolute Gasteiger partial charge is 1.00 e. The van der Waals surface area contributed by atoms with Crippen LogP contribution in [0.4, 0.5) is 0 Å². The van der Waals surface area contributed by atoms with Crippen molar-refractivity contribution in [2.45, 2.75) is 13.0 Å². The van der Waals surface area contributed by atoms with Gasteiger partial charge in [0.1, 0.15) is 0 Å². The predicted molar refractivity (Wildman–Crippen MR) is 73.1 cm³/mol. The summed E-state index contributed by atoms with van der Waals surface area (Å²) in [4.78, 5) is 0. The van der Waals surface area contributed by atoms with E-state index in [1.54, 1.807) is 0 Å². The van der Waals surface area contributed by atoms with Crippen molar-refractivity contribution in [1.29, 1.82) is 0 Å². The SMILES string of the molecule is O=S(=O)([O-])CCCNC(=S)NCc1ccccc1.[Na+]. The molecule has 0 heterocycles. The summed E-state index contributed by atoms with van der Waals surface area (Å²) in [6.07, 6.45) is 0.249. The normalized spacial score (nSPS) is 10.4. The van der Waals surface area contributed by atoms with Crippen LogP contribution in [-0.4, -0.2) is 30.4 Å². The molecule has 0 aromatic heterocycles. The Morgan fingerprint density at radius 3 is 2.42 bits per heavy atom. The second-order valence-electron chi connectivity index (χ2n) is 3.71. The zero-order chi connectivity index (χ0) is 13.4. The quantitative estimate of drug-likeness (QED) is 0.264. The van der Waals surface area contributed by atoms with E-state index in [1.807, 2.05) is 30.3 Å².